The fraction of sp³-hybridized carbons (Fsp3) is 0.476. The van der Waals surface area contributed by atoms with E-state index in [9.17, 15) is 9.59 Å². The lowest BCUT2D eigenvalue weighted by atomic mass is 9.81. The molecule has 8 nitrogen and oxygen atoms in total. The van der Waals surface area contributed by atoms with E-state index in [2.05, 4.69) is 62.5 Å². The van der Waals surface area contributed by atoms with Crippen molar-refractivity contribution in [2.24, 2.45) is 0 Å². The first-order chi connectivity index (χ1) is 25.1. The van der Waals surface area contributed by atoms with Gasteiger partial charge in [-0.05, 0) is 112 Å². The van der Waals surface area contributed by atoms with E-state index in [4.69, 9.17) is 49.0 Å². The molecule has 2 heterocycles. The number of nitrogens with one attached hydrogen (secondary N) is 1. The summed E-state index contributed by atoms with van der Waals surface area (Å²) in [6, 6.07) is 19.8. The lowest BCUT2D eigenvalue weighted by Gasteiger charge is -2.48. The molecule has 11 heteroatoms. The molecule has 2 fully saturated rings. The minimum atomic E-state index is -1.85. The van der Waals surface area contributed by atoms with Crippen LogP contribution in [0.25, 0.3) is 5.57 Å². The summed E-state index contributed by atoms with van der Waals surface area (Å²) in [6.45, 7) is 13.7. The molecule has 2 amide bonds. The third-order valence-electron chi connectivity index (χ3n) is 10.7. The maximum absolute atomic E-state index is 14.9. The normalized spacial score (nSPS) is 18.8. The average molecular weight is 783 g/mol. The molecule has 1 aliphatic carbocycles. The summed E-state index contributed by atoms with van der Waals surface area (Å²) < 4.78 is 16.4. The van der Waals surface area contributed by atoms with Crippen molar-refractivity contribution in [2.75, 3.05) is 32.8 Å². The van der Waals surface area contributed by atoms with E-state index in [1.807, 2.05) is 36.1 Å². The Bertz CT molecular complexity index is 1850. The van der Waals surface area contributed by atoms with Gasteiger partial charge in [0.1, 0.15) is 18.1 Å². The van der Waals surface area contributed by atoms with Gasteiger partial charge in [-0.3, -0.25) is 9.69 Å². The minimum Gasteiger partial charge on any atom is -0.493 e. The summed E-state index contributed by atoms with van der Waals surface area (Å²) >= 11 is 18.7. The average Bonchev–Trinajstić information content (AvgIpc) is 3.94. The van der Waals surface area contributed by atoms with Crippen LogP contribution in [-0.4, -0.2) is 82.2 Å². The number of aryl methyl sites for hydroxylation is 3. The molecule has 1 saturated carbocycles. The van der Waals surface area contributed by atoms with Crippen LogP contribution in [-0.2, 0) is 16.0 Å². The van der Waals surface area contributed by atoms with Gasteiger partial charge in [-0.1, -0.05) is 83.3 Å². The van der Waals surface area contributed by atoms with Gasteiger partial charge in [0, 0.05) is 31.1 Å². The van der Waals surface area contributed by atoms with Crippen molar-refractivity contribution in [2.45, 2.75) is 94.7 Å². The molecular weight excluding hydrogens is 733 g/mol. The first-order valence-corrected chi connectivity index (χ1v) is 19.6. The van der Waals surface area contributed by atoms with Crippen molar-refractivity contribution in [3.8, 4) is 11.5 Å². The molecule has 2 aliphatic heterocycles. The second-order valence-corrected chi connectivity index (χ2v) is 17.3. The molecule has 2 atom stereocenters. The van der Waals surface area contributed by atoms with E-state index in [0.717, 1.165) is 64.2 Å². The van der Waals surface area contributed by atoms with Gasteiger partial charge in [-0.2, -0.15) is 0 Å². The van der Waals surface area contributed by atoms with E-state index in [1.165, 1.54) is 5.56 Å². The first-order valence-electron chi connectivity index (χ1n) is 18.5. The van der Waals surface area contributed by atoms with Gasteiger partial charge >= 0.3 is 6.09 Å². The molecule has 53 heavy (non-hydrogen) atoms. The zero-order chi connectivity index (χ0) is 38.1. The number of hydrogen-bond acceptors (Lipinski definition) is 6. The molecule has 284 valence electrons. The summed E-state index contributed by atoms with van der Waals surface area (Å²) in [4.78, 5) is 32.5. The SMILES string of the molecule is Cc1cccc(OCCN(C(=O)C2=C(c3ccc(CCOc4c(C)ccc(C)c4C)cc3)CC3CNCC2N3C(=O)OC(C)(C)C(Cl)(Cl)Cl)C2CC2)c1. The van der Waals surface area contributed by atoms with Crippen LogP contribution in [0.1, 0.15) is 66.5 Å². The zero-order valence-corrected chi connectivity index (χ0v) is 33.7. The van der Waals surface area contributed by atoms with Gasteiger partial charge < -0.3 is 24.4 Å². The predicted molar refractivity (Wildman–Crippen MR) is 212 cm³/mol. The van der Waals surface area contributed by atoms with Gasteiger partial charge in [-0.15, -0.1) is 0 Å². The highest BCUT2D eigenvalue weighted by Gasteiger charge is 2.50. The van der Waals surface area contributed by atoms with Crippen LogP contribution >= 0.6 is 34.8 Å². The van der Waals surface area contributed by atoms with Crippen LogP contribution in [0.2, 0.25) is 0 Å². The number of hydrogen-bond donors (Lipinski definition) is 1. The summed E-state index contributed by atoms with van der Waals surface area (Å²) in [5.74, 6) is 1.62. The molecule has 2 unspecified atom stereocenters. The number of benzene rings is 3. The number of alkyl halides is 3. The van der Waals surface area contributed by atoms with Crippen molar-refractivity contribution in [3.63, 3.8) is 0 Å². The molecule has 3 aromatic rings. The standard InChI is InChI=1S/C42H50Cl3N3O5/c1-26-8-7-9-34(22-26)51-21-19-47(32-16-17-32)39(49)37-35(23-33-24-46-25-36(37)48(33)40(50)53-41(5,6)42(43,44)45)31-14-12-30(13-15-31)18-20-52-38-28(3)11-10-27(2)29(38)4/h7-15,22,32-33,36,46H,16-21,23-25H2,1-6H3. The van der Waals surface area contributed by atoms with Crippen molar-refractivity contribution in [1.82, 2.24) is 15.1 Å². The van der Waals surface area contributed by atoms with Crippen LogP contribution in [0, 0.1) is 27.7 Å². The van der Waals surface area contributed by atoms with Crippen LogP contribution in [0.15, 0.2) is 66.2 Å². The van der Waals surface area contributed by atoms with E-state index in [1.54, 1.807) is 18.7 Å². The summed E-state index contributed by atoms with van der Waals surface area (Å²) in [7, 11) is 0. The van der Waals surface area contributed by atoms with E-state index in [0.29, 0.717) is 44.8 Å². The van der Waals surface area contributed by atoms with Gasteiger partial charge in [-0.25, -0.2) is 4.79 Å². The predicted octanol–water partition coefficient (Wildman–Crippen LogP) is 8.70. The molecule has 3 aliphatic rings. The third-order valence-corrected chi connectivity index (χ3v) is 12.0. The molecule has 6 rings (SSSR count). The molecule has 1 N–H and O–H groups in total. The van der Waals surface area contributed by atoms with E-state index in [-0.39, 0.29) is 18.0 Å². The van der Waals surface area contributed by atoms with Gasteiger partial charge in [0.05, 0.1) is 25.2 Å². The Kier molecular flexibility index (Phi) is 11.9. The van der Waals surface area contributed by atoms with Gasteiger partial charge in [0.15, 0.2) is 5.60 Å². The number of amides is 2. The highest BCUT2D eigenvalue weighted by atomic mass is 35.6. The van der Waals surface area contributed by atoms with Crippen LogP contribution in [0.5, 0.6) is 11.5 Å². The van der Waals surface area contributed by atoms with Crippen molar-refractivity contribution >= 4 is 52.4 Å². The number of nitrogens with zero attached hydrogens (tertiary/aromatic N) is 2. The van der Waals surface area contributed by atoms with Crippen LogP contribution in [0.4, 0.5) is 4.79 Å². The lowest BCUT2D eigenvalue weighted by molar-refractivity contribution is -0.129. The maximum atomic E-state index is 14.9. The molecule has 3 aromatic carbocycles. The van der Waals surface area contributed by atoms with E-state index >= 15 is 0 Å². The fourth-order valence-electron chi connectivity index (χ4n) is 7.20. The number of halogens is 3. The Balaban J connectivity index is 1.29. The van der Waals surface area contributed by atoms with Gasteiger partial charge in [0.25, 0.3) is 5.91 Å². The number of piperazine rings is 1. The molecule has 2 bridgehead atoms. The Morgan fingerprint density at radius 1 is 0.906 bits per heavy atom. The Labute approximate surface area is 328 Å². The Hall–Kier alpha value is -3.43. The third kappa shape index (κ3) is 8.94. The zero-order valence-electron chi connectivity index (χ0n) is 31.4. The largest absolute Gasteiger partial charge is 0.493 e. The molecule has 0 spiro atoms. The summed E-state index contributed by atoms with van der Waals surface area (Å²) in [5.41, 5.74) is 6.81. The topological polar surface area (TPSA) is 80.3 Å². The number of ether oxygens (including phenoxy) is 3. The fourth-order valence-corrected chi connectivity index (χ4v) is 7.31. The quantitative estimate of drug-likeness (QED) is 0.185. The second-order valence-electron chi connectivity index (χ2n) is 15.1. The van der Waals surface area contributed by atoms with Crippen LogP contribution < -0.4 is 14.8 Å². The second kappa shape index (κ2) is 16.1. The number of rotatable bonds is 12. The lowest BCUT2D eigenvalue weighted by Crippen LogP contribution is -2.64. The van der Waals surface area contributed by atoms with Crippen molar-refractivity contribution in [1.29, 1.82) is 0 Å². The maximum Gasteiger partial charge on any atom is 0.411 e. The smallest absolute Gasteiger partial charge is 0.411 e. The number of carbonyl (C=O) groups excluding carboxylic acids is 2. The van der Waals surface area contributed by atoms with E-state index < -0.39 is 21.5 Å². The minimum absolute atomic E-state index is 0.0951. The molecule has 0 radical (unpaired) electrons. The number of fused-ring (bicyclic) bond motifs is 2. The molecule has 0 aromatic heterocycles. The highest BCUT2D eigenvalue weighted by Crippen LogP contribution is 2.43. The summed E-state index contributed by atoms with van der Waals surface area (Å²) in [5, 5.41) is 3.46. The van der Waals surface area contributed by atoms with Gasteiger partial charge in [0.2, 0.25) is 3.79 Å². The monoisotopic (exact) mass is 781 g/mol. The van der Waals surface area contributed by atoms with Crippen LogP contribution in [0.3, 0.4) is 0 Å². The van der Waals surface area contributed by atoms with Crippen molar-refractivity contribution < 1.29 is 23.8 Å². The first kappa shape index (κ1) is 39.3. The molecule has 1 saturated heterocycles. The Morgan fingerprint density at radius 2 is 1.62 bits per heavy atom. The highest BCUT2D eigenvalue weighted by molar-refractivity contribution is 6.68. The Morgan fingerprint density at radius 3 is 2.30 bits per heavy atom. The molecular formula is C42H50Cl3N3O5. The van der Waals surface area contributed by atoms with Crippen molar-refractivity contribution in [3.05, 3.63) is 99.6 Å². The summed E-state index contributed by atoms with van der Waals surface area (Å²) in [6.07, 6.45) is 2.43. The number of carbonyl (C=O) groups is 2.